The van der Waals surface area contributed by atoms with Gasteiger partial charge < -0.3 is 0 Å². The summed E-state index contributed by atoms with van der Waals surface area (Å²) < 4.78 is 1.75. The van der Waals surface area contributed by atoms with Crippen LogP contribution in [0.15, 0.2) is 18.5 Å². The summed E-state index contributed by atoms with van der Waals surface area (Å²) in [4.78, 5) is 0. The zero-order valence-corrected chi connectivity index (χ0v) is 5.35. The van der Waals surface area contributed by atoms with E-state index in [0.717, 1.165) is 0 Å². The first-order valence-electron chi connectivity index (χ1n) is 1.53. The monoisotopic (exact) mass is 260 g/mol. The van der Waals surface area contributed by atoms with Crippen LogP contribution in [0.25, 0.3) is 0 Å². The molecule has 6 heavy (non-hydrogen) atoms. The van der Waals surface area contributed by atoms with Crippen molar-refractivity contribution in [1.82, 2.24) is 8.45 Å². The van der Waals surface area contributed by atoms with Crippen molar-refractivity contribution >= 4 is 0 Å². The van der Waals surface area contributed by atoms with Crippen LogP contribution in [0.5, 0.6) is 0 Å². The zero-order chi connectivity index (χ0) is 4.41. The zero-order valence-electron chi connectivity index (χ0n) is 2.96. The molecule has 0 N–H and O–H groups in total. The molecule has 0 aliphatic heterocycles. The van der Waals surface area contributed by atoms with Gasteiger partial charge in [-0.05, 0) is 0 Å². The minimum absolute atomic E-state index is 1.75. The topological polar surface area (TPSA) is 17.8 Å². The van der Waals surface area contributed by atoms with Gasteiger partial charge in [0.15, 0.2) is 0 Å². The van der Waals surface area contributed by atoms with E-state index < -0.39 is 0 Å². The second kappa shape index (κ2) is 1.54. The van der Waals surface area contributed by atoms with E-state index >= 15 is 0 Å². The third-order valence-electron chi connectivity index (χ3n) is 0.460. The molecule has 0 radical (unpaired) electrons. The van der Waals surface area contributed by atoms with Crippen LogP contribution in [-0.2, 0) is 19.1 Å². The first kappa shape index (κ1) is 4.03. The standard InChI is InChI=1S/C3H3N2.Ir/c1-2-4-5-3-1;/h1-3H;/q-1;+3. The summed E-state index contributed by atoms with van der Waals surface area (Å²) in [5.74, 6) is 0. The Kier molecular flexibility index (Phi) is 1.03. The van der Waals surface area contributed by atoms with Crippen molar-refractivity contribution in [1.29, 1.82) is 0 Å². The number of rotatable bonds is 0. The molecule has 0 saturated heterocycles. The molecule has 0 aliphatic rings. The van der Waals surface area contributed by atoms with E-state index in [1.807, 2.05) is 31.4 Å². The Hall–Kier alpha value is -0.141. The van der Waals surface area contributed by atoms with E-state index in [1.54, 1.807) is 9.55 Å². The van der Waals surface area contributed by atoms with Gasteiger partial charge >= 0.3 is 46.1 Å². The van der Waals surface area contributed by atoms with Crippen molar-refractivity contribution in [2.45, 2.75) is 0 Å². The van der Waals surface area contributed by atoms with Crippen molar-refractivity contribution < 1.29 is 19.1 Å². The van der Waals surface area contributed by atoms with E-state index in [0.29, 0.717) is 0 Å². The second-order valence-electron chi connectivity index (χ2n) is 0.874. The molecule has 1 aromatic heterocycles. The Labute approximate surface area is 46.6 Å². The van der Waals surface area contributed by atoms with Crippen molar-refractivity contribution in [3.05, 3.63) is 18.5 Å². The van der Waals surface area contributed by atoms with E-state index in [1.165, 1.54) is 0 Å². The average Bonchev–Trinajstić information content (AvgIpc) is 1.86. The normalized spacial score (nSPS) is 8.83. The molecular weight excluding hydrogens is 256 g/mol. The number of hydrogen-bond acceptors (Lipinski definition) is 1. The first-order chi connectivity index (χ1) is 2.89. The van der Waals surface area contributed by atoms with Crippen LogP contribution < -0.4 is 0 Å². The van der Waals surface area contributed by atoms with Crippen LogP contribution in [0.2, 0.25) is 0 Å². The Morgan fingerprint density at radius 2 is 2.50 bits per heavy atom. The van der Waals surface area contributed by atoms with E-state index in [9.17, 15) is 0 Å². The summed E-state index contributed by atoms with van der Waals surface area (Å²) in [6.07, 6.45) is 3.64. The molecule has 1 aromatic rings. The Bertz CT molecular complexity index is 112. The van der Waals surface area contributed by atoms with Gasteiger partial charge in [-0.2, -0.15) is 0 Å². The summed E-state index contributed by atoms with van der Waals surface area (Å²) in [5, 5.41) is 3.83. The van der Waals surface area contributed by atoms with E-state index in [4.69, 9.17) is 0 Å². The SMILES string of the molecule is [Ir+2][n]1cccn1. The third-order valence-corrected chi connectivity index (χ3v) is 1.09. The summed E-state index contributed by atoms with van der Waals surface area (Å²) in [6.45, 7) is 0. The van der Waals surface area contributed by atoms with Crippen molar-refractivity contribution in [2.75, 3.05) is 0 Å². The van der Waals surface area contributed by atoms with Gasteiger partial charge in [0, 0.05) is 0 Å². The minimum atomic E-state index is 1.75. The molecular formula is C3H3IrN2+2. The fourth-order valence-corrected chi connectivity index (χ4v) is 0.609. The van der Waals surface area contributed by atoms with Gasteiger partial charge in [0.05, 0.1) is 0 Å². The molecule has 0 amide bonds. The van der Waals surface area contributed by atoms with Gasteiger partial charge in [-0.15, -0.1) is 0 Å². The summed E-state index contributed by atoms with van der Waals surface area (Å²) in [5.41, 5.74) is 0. The molecule has 0 atom stereocenters. The van der Waals surface area contributed by atoms with Gasteiger partial charge in [-0.1, -0.05) is 0 Å². The summed E-state index contributed by atoms with van der Waals surface area (Å²) in [7, 11) is 0. The van der Waals surface area contributed by atoms with Crippen LogP contribution in [0.3, 0.4) is 0 Å². The quantitative estimate of drug-likeness (QED) is 0.650. The molecule has 0 fully saturated rings. The average molecular weight is 259 g/mol. The molecule has 0 unspecified atom stereocenters. The fourth-order valence-electron chi connectivity index (χ4n) is 0.243. The molecule has 1 heterocycles. The van der Waals surface area contributed by atoms with Crippen LogP contribution in [-0.4, -0.2) is 8.45 Å². The predicted molar refractivity (Wildman–Crippen MR) is 17.6 cm³/mol. The molecule has 32 valence electrons. The summed E-state index contributed by atoms with van der Waals surface area (Å²) >= 11 is 1.89. The second-order valence-corrected chi connectivity index (χ2v) is 1.97. The number of nitrogens with zero attached hydrogens (tertiary/aromatic N) is 2. The van der Waals surface area contributed by atoms with Gasteiger partial charge in [0.25, 0.3) is 0 Å². The van der Waals surface area contributed by atoms with Gasteiger partial charge in [0.1, 0.15) is 0 Å². The number of hydrogen-bond donors (Lipinski definition) is 0. The van der Waals surface area contributed by atoms with Crippen molar-refractivity contribution in [2.24, 2.45) is 0 Å². The maximum absolute atomic E-state index is 3.83. The molecule has 0 aliphatic carbocycles. The summed E-state index contributed by atoms with van der Waals surface area (Å²) in [6, 6.07) is 1.89. The Balaban J connectivity index is 3.05. The van der Waals surface area contributed by atoms with Gasteiger partial charge in [0.2, 0.25) is 0 Å². The third kappa shape index (κ3) is 0.671. The fraction of sp³-hybridized carbons (Fsp3) is 0. The number of aromatic nitrogens is 2. The molecule has 0 spiro atoms. The Morgan fingerprint density at radius 3 is 2.67 bits per heavy atom. The van der Waals surface area contributed by atoms with E-state index in [2.05, 4.69) is 5.10 Å². The molecule has 2 nitrogen and oxygen atoms in total. The van der Waals surface area contributed by atoms with Crippen molar-refractivity contribution in [3.8, 4) is 0 Å². The molecule has 3 heteroatoms. The first-order valence-corrected chi connectivity index (χ1v) is 2.60. The van der Waals surface area contributed by atoms with Crippen LogP contribution in [0.4, 0.5) is 0 Å². The van der Waals surface area contributed by atoms with Gasteiger partial charge in [-0.3, -0.25) is 0 Å². The van der Waals surface area contributed by atoms with Crippen LogP contribution in [0.1, 0.15) is 0 Å². The molecule has 0 saturated carbocycles. The Morgan fingerprint density at radius 1 is 1.67 bits per heavy atom. The van der Waals surface area contributed by atoms with Gasteiger partial charge in [-0.25, -0.2) is 0 Å². The van der Waals surface area contributed by atoms with E-state index in [-0.39, 0.29) is 0 Å². The van der Waals surface area contributed by atoms with Crippen LogP contribution >= 0.6 is 0 Å². The van der Waals surface area contributed by atoms with Crippen molar-refractivity contribution in [3.63, 3.8) is 0 Å². The van der Waals surface area contributed by atoms with Crippen LogP contribution in [0, 0.1) is 0 Å². The maximum atomic E-state index is 3.83. The predicted octanol–water partition coefficient (Wildman–Crippen LogP) is 0.193. The molecule has 0 aromatic carbocycles. The molecule has 1 rings (SSSR count). The molecule has 0 bridgehead atoms.